The molecule has 2 aromatic heterocycles. The SMILES string of the molecule is N/C=C\C=C(/N)CNC(=O)c1csc(CCNCCc2nc3ccccc3[nH]2)n1. The molecule has 0 atom stereocenters. The smallest absolute Gasteiger partial charge is 0.271 e. The van der Waals surface area contributed by atoms with E-state index in [1.165, 1.54) is 17.5 Å². The number of allylic oxidation sites excluding steroid dienone is 2. The molecule has 1 aromatic carbocycles. The molecule has 0 radical (unpaired) electrons. The molecule has 0 aliphatic heterocycles. The highest BCUT2D eigenvalue weighted by molar-refractivity contribution is 7.09. The molecule has 1 amide bonds. The van der Waals surface area contributed by atoms with E-state index < -0.39 is 0 Å². The molecule has 0 spiro atoms. The highest BCUT2D eigenvalue weighted by Gasteiger charge is 2.10. The van der Waals surface area contributed by atoms with E-state index in [2.05, 4.69) is 25.6 Å². The number of hydrogen-bond acceptors (Lipinski definition) is 7. The summed E-state index contributed by atoms with van der Waals surface area (Å²) in [4.78, 5) is 24.4. The number of rotatable bonds is 10. The molecule has 3 aromatic rings. The number of H-pyrrole nitrogens is 1. The Morgan fingerprint density at radius 1 is 1.21 bits per heavy atom. The maximum Gasteiger partial charge on any atom is 0.271 e. The summed E-state index contributed by atoms with van der Waals surface area (Å²) in [7, 11) is 0. The van der Waals surface area contributed by atoms with Crippen molar-refractivity contribution in [1.82, 2.24) is 25.6 Å². The third-order valence-electron chi connectivity index (χ3n) is 4.15. The molecule has 0 unspecified atom stereocenters. The molecular formula is C20H25N7OS. The number of benzene rings is 1. The summed E-state index contributed by atoms with van der Waals surface area (Å²) < 4.78 is 0. The second-order valence-electron chi connectivity index (χ2n) is 6.39. The van der Waals surface area contributed by atoms with Crippen molar-refractivity contribution in [2.24, 2.45) is 11.5 Å². The monoisotopic (exact) mass is 411 g/mol. The van der Waals surface area contributed by atoms with Crippen molar-refractivity contribution >= 4 is 28.3 Å². The molecule has 0 saturated heterocycles. The van der Waals surface area contributed by atoms with Gasteiger partial charge in [0, 0.05) is 37.0 Å². The quantitative estimate of drug-likeness (QED) is 0.253. The number of para-hydroxylation sites is 2. The molecule has 8 nitrogen and oxygen atoms in total. The zero-order valence-electron chi connectivity index (χ0n) is 16.0. The van der Waals surface area contributed by atoms with Gasteiger partial charge in [-0.05, 0) is 30.5 Å². The number of fused-ring (bicyclic) bond motifs is 1. The Morgan fingerprint density at radius 3 is 2.86 bits per heavy atom. The molecule has 2 heterocycles. The summed E-state index contributed by atoms with van der Waals surface area (Å²) in [6.07, 6.45) is 6.23. The van der Waals surface area contributed by atoms with E-state index in [-0.39, 0.29) is 12.5 Å². The van der Waals surface area contributed by atoms with Crippen LogP contribution in [0.25, 0.3) is 11.0 Å². The molecule has 0 fully saturated rings. The lowest BCUT2D eigenvalue weighted by Crippen LogP contribution is -2.28. The second kappa shape index (κ2) is 10.4. The number of nitrogens with zero attached hydrogens (tertiary/aromatic N) is 2. The third-order valence-corrected chi connectivity index (χ3v) is 5.06. The molecule has 0 aliphatic rings. The van der Waals surface area contributed by atoms with Gasteiger partial charge >= 0.3 is 0 Å². The van der Waals surface area contributed by atoms with Crippen LogP contribution >= 0.6 is 11.3 Å². The Hall–Kier alpha value is -3.17. The summed E-state index contributed by atoms with van der Waals surface area (Å²) in [5, 5.41) is 8.81. The molecule has 7 N–H and O–H groups in total. The first-order chi connectivity index (χ1) is 14.2. The highest BCUT2D eigenvalue weighted by atomic mass is 32.1. The third kappa shape index (κ3) is 6.16. The van der Waals surface area contributed by atoms with Crippen LogP contribution in [-0.2, 0) is 12.8 Å². The first-order valence-corrected chi connectivity index (χ1v) is 10.2. The van der Waals surface area contributed by atoms with Crippen LogP contribution in [0.4, 0.5) is 0 Å². The Kier molecular flexibility index (Phi) is 7.37. The average Bonchev–Trinajstić information content (AvgIpc) is 3.36. The summed E-state index contributed by atoms with van der Waals surface area (Å²) >= 11 is 1.48. The number of aromatic amines is 1. The fraction of sp³-hybridized carbons (Fsp3) is 0.250. The Morgan fingerprint density at radius 2 is 2.03 bits per heavy atom. The number of aromatic nitrogens is 3. The Balaban J connectivity index is 1.37. The van der Waals surface area contributed by atoms with Crippen molar-refractivity contribution in [2.45, 2.75) is 12.8 Å². The van der Waals surface area contributed by atoms with E-state index in [0.717, 1.165) is 47.8 Å². The maximum atomic E-state index is 12.1. The summed E-state index contributed by atoms with van der Waals surface area (Å²) in [5.74, 6) is 0.737. The van der Waals surface area contributed by atoms with Gasteiger partial charge in [0.25, 0.3) is 5.91 Å². The molecule has 9 heteroatoms. The molecule has 0 aliphatic carbocycles. The van der Waals surface area contributed by atoms with Gasteiger partial charge in [-0.15, -0.1) is 11.3 Å². The fourth-order valence-electron chi connectivity index (χ4n) is 2.69. The van der Waals surface area contributed by atoms with Crippen LogP contribution < -0.4 is 22.1 Å². The number of imidazole rings is 1. The van der Waals surface area contributed by atoms with Crippen molar-refractivity contribution in [3.63, 3.8) is 0 Å². The number of thiazole rings is 1. The fourth-order valence-corrected chi connectivity index (χ4v) is 3.47. The van der Waals surface area contributed by atoms with Gasteiger partial charge in [-0.2, -0.15) is 0 Å². The summed E-state index contributed by atoms with van der Waals surface area (Å²) in [6, 6.07) is 8.01. The standard InChI is InChI=1S/C20H25N7OS/c21-9-3-4-14(22)12-24-20(28)17-13-29-19(27-17)8-11-23-10-7-18-25-15-5-1-2-6-16(15)26-18/h1-6,9,13,23H,7-8,10-12,21-22H2,(H,24,28)(H,25,26)/b9-3-,14-4-. The van der Waals surface area contributed by atoms with Crippen molar-refractivity contribution < 1.29 is 4.79 Å². The first-order valence-electron chi connectivity index (χ1n) is 9.35. The van der Waals surface area contributed by atoms with Gasteiger partial charge in [-0.3, -0.25) is 4.79 Å². The molecule has 3 rings (SSSR count). The normalized spacial score (nSPS) is 12.1. The van der Waals surface area contributed by atoms with Gasteiger partial charge in [0.2, 0.25) is 0 Å². The first kappa shape index (κ1) is 20.6. The van der Waals surface area contributed by atoms with Crippen LogP contribution in [0.1, 0.15) is 21.3 Å². The Bertz CT molecular complexity index is 972. The van der Waals surface area contributed by atoms with E-state index in [0.29, 0.717) is 11.4 Å². The van der Waals surface area contributed by atoms with Gasteiger partial charge in [0.05, 0.1) is 22.6 Å². The van der Waals surface area contributed by atoms with Crippen LogP contribution in [0.15, 0.2) is 53.7 Å². The Labute approximate surface area is 173 Å². The van der Waals surface area contributed by atoms with Gasteiger partial charge in [0.15, 0.2) is 0 Å². The lowest BCUT2D eigenvalue weighted by Gasteiger charge is -2.03. The maximum absolute atomic E-state index is 12.1. The van der Waals surface area contributed by atoms with Crippen LogP contribution in [-0.4, -0.2) is 40.5 Å². The molecule has 29 heavy (non-hydrogen) atoms. The minimum absolute atomic E-state index is 0.238. The average molecular weight is 412 g/mol. The largest absolute Gasteiger partial charge is 0.405 e. The summed E-state index contributed by atoms with van der Waals surface area (Å²) in [6.45, 7) is 1.86. The zero-order chi connectivity index (χ0) is 20.5. The van der Waals surface area contributed by atoms with Gasteiger partial charge < -0.3 is 27.1 Å². The van der Waals surface area contributed by atoms with Gasteiger partial charge in [0.1, 0.15) is 11.5 Å². The lowest BCUT2D eigenvalue weighted by atomic mass is 10.3. The van der Waals surface area contributed by atoms with Gasteiger partial charge in [-0.1, -0.05) is 12.1 Å². The van der Waals surface area contributed by atoms with Crippen LogP contribution in [0.5, 0.6) is 0 Å². The van der Waals surface area contributed by atoms with Crippen molar-refractivity contribution in [3.05, 3.63) is 70.2 Å². The number of nitrogens with one attached hydrogen (secondary N) is 3. The number of carbonyl (C=O) groups excluding carboxylic acids is 1. The van der Waals surface area contributed by atoms with E-state index in [9.17, 15) is 4.79 Å². The molecule has 0 saturated carbocycles. The number of nitrogens with two attached hydrogens (primary N) is 2. The lowest BCUT2D eigenvalue weighted by molar-refractivity contribution is 0.0952. The van der Waals surface area contributed by atoms with E-state index >= 15 is 0 Å². The predicted molar refractivity (Wildman–Crippen MR) is 116 cm³/mol. The van der Waals surface area contributed by atoms with E-state index in [1.807, 2.05) is 24.3 Å². The minimum Gasteiger partial charge on any atom is -0.405 e. The molecular weight excluding hydrogens is 386 g/mol. The number of amides is 1. The topological polar surface area (TPSA) is 135 Å². The van der Waals surface area contributed by atoms with Crippen molar-refractivity contribution in [1.29, 1.82) is 0 Å². The van der Waals surface area contributed by atoms with E-state index in [1.54, 1.807) is 17.5 Å². The number of carbonyl (C=O) groups is 1. The predicted octanol–water partition coefficient (Wildman–Crippen LogP) is 1.44. The second-order valence-corrected chi connectivity index (χ2v) is 7.33. The summed E-state index contributed by atoms with van der Waals surface area (Å²) in [5.41, 5.74) is 14.0. The van der Waals surface area contributed by atoms with E-state index in [4.69, 9.17) is 11.5 Å². The van der Waals surface area contributed by atoms with Crippen LogP contribution in [0.2, 0.25) is 0 Å². The minimum atomic E-state index is -0.238. The molecule has 0 bridgehead atoms. The van der Waals surface area contributed by atoms with Crippen molar-refractivity contribution in [3.8, 4) is 0 Å². The van der Waals surface area contributed by atoms with Crippen LogP contribution in [0.3, 0.4) is 0 Å². The van der Waals surface area contributed by atoms with Gasteiger partial charge in [-0.25, -0.2) is 9.97 Å². The van der Waals surface area contributed by atoms with Crippen LogP contribution in [0, 0.1) is 0 Å². The number of hydrogen-bond donors (Lipinski definition) is 5. The molecule has 152 valence electrons. The van der Waals surface area contributed by atoms with Crippen molar-refractivity contribution in [2.75, 3.05) is 19.6 Å². The highest BCUT2D eigenvalue weighted by Crippen LogP contribution is 2.11. The zero-order valence-corrected chi connectivity index (χ0v) is 16.8.